The number of morpholine rings is 1. The molecule has 1 aliphatic heterocycles. The minimum absolute atomic E-state index is 0.182. The minimum atomic E-state index is 0.182. The molecule has 1 saturated heterocycles. The van der Waals surface area contributed by atoms with E-state index >= 15 is 0 Å². The van der Waals surface area contributed by atoms with Crippen LogP contribution in [0.5, 0.6) is 0 Å². The molecule has 0 spiro atoms. The number of aromatic nitrogens is 1. The van der Waals surface area contributed by atoms with E-state index in [0.29, 0.717) is 18.0 Å². The highest BCUT2D eigenvalue weighted by molar-refractivity contribution is 7.09. The van der Waals surface area contributed by atoms with Crippen molar-refractivity contribution in [3.05, 3.63) is 52.5 Å². The molecule has 1 aromatic heterocycles. The maximum atomic E-state index is 5.70. The monoisotopic (exact) mass is 343 g/mol. The van der Waals surface area contributed by atoms with Gasteiger partial charge in [0, 0.05) is 30.2 Å². The molecule has 1 saturated carbocycles. The van der Waals surface area contributed by atoms with Gasteiger partial charge in [0.1, 0.15) is 5.01 Å². The predicted molar refractivity (Wildman–Crippen MR) is 97.3 cm³/mol. The van der Waals surface area contributed by atoms with E-state index in [9.17, 15) is 0 Å². The largest absolute Gasteiger partial charge is 0.379 e. The summed E-state index contributed by atoms with van der Waals surface area (Å²) in [5.41, 5.74) is 1.30. The number of nitrogens with zero attached hydrogens (tertiary/aromatic N) is 1. The van der Waals surface area contributed by atoms with Crippen LogP contribution < -0.4 is 10.6 Å². The van der Waals surface area contributed by atoms with Crippen LogP contribution >= 0.6 is 11.3 Å². The molecule has 24 heavy (non-hydrogen) atoms. The first-order valence-electron chi connectivity index (χ1n) is 8.93. The molecule has 2 aliphatic rings. The maximum Gasteiger partial charge on any atom is 0.114 e. The van der Waals surface area contributed by atoms with E-state index in [1.165, 1.54) is 24.8 Å². The van der Waals surface area contributed by atoms with Crippen molar-refractivity contribution in [2.24, 2.45) is 5.92 Å². The minimum Gasteiger partial charge on any atom is -0.379 e. The first kappa shape index (κ1) is 16.2. The molecule has 2 heterocycles. The van der Waals surface area contributed by atoms with Crippen LogP contribution in [0.4, 0.5) is 0 Å². The van der Waals surface area contributed by atoms with Gasteiger partial charge in [-0.2, -0.15) is 0 Å². The van der Waals surface area contributed by atoms with Gasteiger partial charge in [0.2, 0.25) is 0 Å². The molecule has 4 rings (SSSR count). The standard InChI is InChI=1S/C19H25N3OS/c1-2-5-14(6-3-1)18(19-21-10-12-24-19)22-16-8-4-7-15(16)17-13-23-11-9-20-17/h1-3,5-6,10,12,15-18,20,22H,4,7-9,11,13H2. The van der Waals surface area contributed by atoms with Gasteiger partial charge in [0.15, 0.2) is 0 Å². The third kappa shape index (κ3) is 3.54. The molecule has 5 heteroatoms. The zero-order chi connectivity index (χ0) is 16.2. The van der Waals surface area contributed by atoms with Gasteiger partial charge < -0.3 is 15.4 Å². The lowest BCUT2D eigenvalue weighted by Gasteiger charge is -2.34. The van der Waals surface area contributed by atoms with E-state index in [0.717, 1.165) is 24.8 Å². The summed E-state index contributed by atoms with van der Waals surface area (Å²) >= 11 is 1.73. The van der Waals surface area contributed by atoms with E-state index in [1.54, 1.807) is 11.3 Å². The summed E-state index contributed by atoms with van der Waals surface area (Å²) in [6.07, 6.45) is 5.70. The van der Waals surface area contributed by atoms with Crippen molar-refractivity contribution in [1.82, 2.24) is 15.6 Å². The van der Waals surface area contributed by atoms with Crippen molar-refractivity contribution >= 4 is 11.3 Å². The summed E-state index contributed by atoms with van der Waals surface area (Å²) in [7, 11) is 0. The second kappa shape index (κ2) is 7.74. The predicted octanol–water partition coefficient (Wildman–Crippen LogP) is 2.98. The zero-order valence-electron chi connectivity index (χ0n) is 13.9. The molecule has 2 fully saturated rings. The van der Waals surface area contributed by atoms with Crippen LogP contribution in [0.25, 0.3) is 0 Å². The van der Waals surface area contributed by atoms with Crippen molar-refractivity contribution in [1.29, 1.82) is 0 Å². The highest BCUT2D eigenvalue weighted by Crippen LogP contribution is 2.33. The fourth-order valence-corrected chi connectivity index (χ4v) is 4.81. The normalized spacial score (nSPS) is 28.8. The van der Waals surface area contributed by atoms with E-state index in [4.69, 9.17) is 4.74 Å². The summed E-state index contributed by atoms with van der Waals surface area (Å²) in [5.74, 6) is 0.636. The highest BCUT2D eigenvalue weighted by atomic mass is 32.1. The fourth-order valence-electron chi connectivity index (χ4n) is 4.08. The molecule has 0 radical (unpaired) electrons. The molecule has 4 atom stereocenters. The molecule has 4 nitrogen and oxygen atoms in total. The number of hydrogen-bond acceptors (Lipinski definition) is 5. The summed E-state index contributed by atoms with van der Waals surface area (Å²) in [5, 5.41) is 10.8. The molecule has 1 aliphatic carbocycles. The van der Waals surface area contributed by atoms with E-state index in [1.807, 2.05) is 6.20 Å². The quantitative estimate of drug-likeness (QED) is 0.876. The third-order valence-electron chi connectivity index (χ3n) is 5.25. The van der Waals surface area contributed by atoms with E-state index in [2.05, 4.69) is 51.3 Å². The Morgan fingerprint density at radius 1 is 1.25 bits per heavy atom. The Kier molecular flexibility index (Phi) is 5.23. The van der Waals surface area contributed by atoms with E-state index < -0.39 is 0 Å². The second-order valence-corrected chi connectivity index (χ2v) is 7.64. The molecule has 128 valence electrons. The Balaban J connectivity index is 1.53. The van der Waals surface area contributed by atoms with Crippen LogP contribution in [0.15, 0.2) is 41.9 Å². The second-order valence-electron chi connectivity index (χ2n) is 6.72. The van der Waals surface area contributed by atoms with Crippen LogP contribution in [-0.4, -0.2) is 36.8 Å². The average Bonchev–Trinajstić information content (AvgIpc) is 3.33. The average molecular weight is 343 g/mol. The van der Waals surface area contributed by atoms with Crippen molar-refractivity contribution in [3.63, 3.8) is 0 Å². The smallest absolute Gasteiger partial charge is 0.114 e. The number of thiazole rings is 1. The molecule has 1 aromatic carbocycles. The van der Waals surface area contributed by atoms with Gasteiger partial charge in [-0.3, -0.25) is 0 Å². The van der Waals surface area contributed by atoms with Gasteiger partial charge in [-0.15, -0.1) is 11.3 Å². The summed E-state index contributed by atoms with van der Waals surface area (Å²) in [6, 6.07) is 11.9. The Labute approximate surface area is 147 Å². The van der Waals surface area contributed by atoms with Crippen molar-refractivity contribution in [2.45, 2.75) is 37.4 Å². The maximum absolute atomic E-state index is 5.70. The topological polar surface area (TPSA) is 46.2 Å². The first-order chi connectivity index (χ1) is 11.9. The Bertz CT molecular complexity index is 613. The zero-order valence-corrected chi connectivity index (χ0v) is 14.7. The van der Waals surface area contributed by atoms with Crippen molar-refractivity contribution < 1.29 is 4.74 Å². The molecule has 4 unspecified atom stereocenters. The van der Waals surface area contributed by atoms with Gasteiger partial charge in [-0.05, 0) is 24.3 Å². The van der Waals surface area contributed by atoms with Gasteiger partial charge in [0.25, 0.3) is 0 Å². The molecule has 0 amide bonds. The van der Waals surface area contributed by atoms with Crippen LogP contribution in [0.1, 0.15) is 35.9 Å². The molecule has 0 bridgehead atoms. The molecular formula is C19H25N3OS. The van der Waals surface area contributed by atoms with Crippen LogP contribution in [0.3, 0.4) is 0 Å². The van der Waals surface area contributed by atoms with Crippen LogP contribution in [0.2, 0.25) is 0 Å². The lowest BCUT2D eigenvalue weighted by atomic mass is 9.93. The van der Waals surface area contributed by atoms with Gasteiger partial charge in [0.05, 0.1) is 19.3 Å². The van der Waals surface area contributed by atoms with Gasteiger partial charge in [-0.1, -0.05) is 36.8 Å². The van der Waals surface area contributed by atoms with Crippen molar-refractivity contribution in [3.8, 4) is 0 Å². The highest BCUT2D eigenvalue weighted by Gasteiger charge is 2.36. The summed E-state index contributed by atoms with van der Waals surface area (Å²) < 4.78 is 5.70. The Hall–Kier alpha value is -1.27. The lowest BCUT2D eigenvalue weighted by Crippen LogP contribution is -2.51. The third-order valence-corrected chi connectivity index (χ3v) is 6.09. The van der Waals surface area contributed by atoms with Crippen molar-refractivity contribution in [2.75, 3.05) is 19.8 Å². The SMILES string of the molecule is c1ccc(C(NC2CCCC2C2COCCN2)c2nccs2)cc1. The van der Waals surface area contributed by atoms with E-state index in [-0.39, 0.29) is 6.04 Å². The Morgan fingerprint density at radius 3 is 2.92 bits per heavy atom. The molecule has 2 N–H and O–H groups in total. The number of rotatable bonds is 5. The summed E-state index contributed by atoms with van der Waals surface area (Å²) in [4.78, 5) is 4.59. The number of hydrogen-bond donors (Lipinski definition) is 2. The number of benzene rings is 1. The fraction of sp³-hybridized carbons (Fsp3) is 0.526. The first-order valence-corrected chi connectivity index (χ1v) is 9.81. The van der Waals surface area contributed by atoms with Gasteiger partial charge >= 0.3 is 0 Å². The molecular weight excluding hydrogens is 318 g/mol. The number of ether oxygens (including phenoxy) is 1. The molecule has 2 aromatic rings. The lowest BCUT2D eigenvalue weighted by molar-refractivity contribution is 0.0520. The number of nitrogens with one attached hydrogen (secondary N) is 2. The van der Waals surface area contributed by atoms with Gasteiger partial charge in [-0.25, -0.2) is 4.98 Å². The van der Waals surface area contributed by atoms with Crippen LogP contribution in [0, 0.1) is 5.92 Å². The summed E-state index contributed by atoms with van der Waals surface area (Å²) in [6.45, 7) is 2.66. The Morgan fingerprint density at radius 2 is 2.17 bits per heavy atom. The van der Waals surface area contributed by atoms with Crippen LogP contribution in [-0.2, 0) is 4.74 Å².